The molecule has 0 aliphatic rings. The fourth-order valence-corrected chi connectivity index (χ4v) is 3.39. The van der Waals surface area contributed by atoms with Gasteiger partial charge >= 0.3 is 6.18 Å². The average Bonchev–Trinajstić information content (AvgIpc) is 3.07. The molecule has 1 heterocycles. The average molecular weight is 447 g/mol. The minimum absolute atomic E-state index is 0.0307. The van der Waals surface area contributed by atoms with E-state index in [1.807, 2.05) is 0 Å². The number of benzene rings is 3. The molecule has 0 fully saturated rings. The first-order chi connectivity index (χ1) is 13.4. The van der Waals surface area contributed by atoms with Crippen LogP contribution in [0.5, 0.6) is 5.75 Å². The third-order valence-corrected chi connectivity index (χ3v) is 4.97. The molecule has 0 saturated heterocycles. The fourth-order valence-electron chi connectivity index (χ4n) is 3.13. The molecule has 1 aromatic heterocycles. The molecule has 7 heteroatoms. The summed E-state index contributed by atoms with van der Waals surface area (Å²) >= 11 is 3.35. The number of nitrogens with zero attached hydrogens (tertiary/aromatic N) is 2. The highest BCUT2D eigenvalue weighted by molar-refractivity contribution is 9.10. The Kier molecular flexibility index (Phi) is 4.63. The van der Waals surface area contributed by atoms with Crippen molar-refractivity contribution >= 4 is 26.8 Å². The molecule has 3 nitrogen and oxygen atoms in total. The van der Waals surface area contributed by atoms with E-state index in [1.165, 1.54) is 10.7 Å². The molecule has 28 heavy (non-hydrogen) atoms. The number of para-hydroxylation sites is 1. The zero-order chi connectivity index (χ0) is 19.9. The van der Waals surface area contributed by atoms with Gasteiger partial charge in [-0.1, -0.05) is 28.1 Å². The molecule has 0 bridgehead atoms. The molecule has 4 rings (SSSR count). The molecule has 0 spiro atoms. The van der Waals surface area contributed by atoms with Gasteiger partial charge in [-0.2, -0.15) is 18.3 Å². The maximum Gasteiger partial charge on any atom is 0.418 e. The molecule has 0 saturated carbocycles. The summed E-state index contributed by atoms with van der Waals surface area (Å²) in [5, 5.41) is 4.98. The van der Waals surface area contributed by atoms with Crippen molar-refractivity contribution in [2.24, 2.45) is 0 Å². The fraction of sp³-hybridized carbons (Fsp3) is 0.0952. The van der Waals surface area contributed by atoms with E-state index in [9.17, 15) is 13.2 Å². The second-order valence-electron chi connectivity index (χ2n) is 6.16. The highest BCUT2D eigenvalue weighted by Crippen LogP contribution is 2.39. The van der Waals surface area contributed by atoms with Crippen LogP contribution >= 0.6 is 15.9 Å². The van der Waals surface area contributed by atoms with Crippen LogP contribution in [0.3, 0.4) is 0 Å². The van der Waals surface area contributed by atoms with Gasteiger partial charge in [-0.3, -0.25) is 0 Å². The van der Waals surface area contributed by atoms with Gasteiger partial charge < -0.3 is 4.74 Å². The monoisotopic (exact) mass is 446 g/mol. The normalized spacial score (nSPS) is 11.8. The van der Waals surface area contributed by atoms with Crippen molar-refractivity contribution in [3.8, 4) is 22.7 Å². The van der Waals surface area contributed by atoms with Crippen LogP contribution in [-0.2, 0) is 6.18 Å². The highest BCUT2D eigenvalue weighted by atomic mass is 79.9. The molecule has 142 valence electrons. The largest absolute Gasteiger partial charge is 0.497 e. The number of aromatic nitrogens is 2. The van der Waals surface area contributed by atoms with Crippen LogP contribution in [0.4, 0.5) is 13.2 Å². The van der Waals surface area contributed by atoms with Gasteiger partial charge in [-0.15, -0.1) is 0 Å². The number of alkyl halides is 3. The van der Waals surface area contributed by atoms with Crippen LogP contribution in [0, 0.1) is 0 Å². The zero-order valence-corrected chi connectivity index (χ0v) is 16.3. The lowest BCUT2D eigenvalue weighted by atomic mass is 10.0. The number of halogens is 4. The van der Waals surface area contributed by atoms with E-state index < -0.39 is 11.7 Å². The molecule has 0 aliphatic heterocycles. The third-order valence-electron chi connectivity index (χ3n) is 4.44. The summed E-state index contributed by atoms with van der Waals surface area (Å²) in [7, 11) is 1.56. The number of hydrogen-bond acceptors (Lipinski definition) is 2. The minimum Gasteiger partial charge on any atom is -0.497 e. The third kappa shape index (κ3) is 3.26. The molecule has 0 amide bonds. The SMILES string of the molecule is COc1ccc(-c2nn(-c3ccc(Br)cc3)c3c(C(F)(F)F)cccc23)cc1. The lowest BCUT2D eigenvalue weighted by molar-refractivity contribution is -0.136. The molecule has 3 aromatic carbocycles. The van der Waals surface area contributed by atoms with Crippen molar-refractivity contribution in [2.45, 2.75) is 6.18 Å². The number of ether oxygens (including phenoxy) is 1. The second kappa shape index (κ2) is 6.98. The number of methoxy groups -OCH3 is 1. The molecule has 0 aliphatic carbocycles. The number of fused-ring (bicyclic) bond motifs is 1. The van der Waals surface area contributed by atoms with E-state index in [0.717, 1.165) is 10.5 Å². The Balaban J connectivity index is 2.03. The van der Waals surface area contributed by atoms with Crippen molar-refractivity contribution in [3.63, 3.8) is 0 Å². The van der Waals surface area contributed by atoms with Crippen molar-refractivity contribution in [3.05, 3.63) is 76.8 Å². The predicted molar refractivity (Wildman–Crippen MR) is 106 cm³/mol. The van der Waals surface area contributed by atoms with E-state index in [2.05, 4.69) is 21.0 Å². The van der Waals surface area contributed by atoms with Gasteiger partial charge in [0.2, 0.25) is 0 Å². The quantitative estimate of drug-likeness (QED) is 0.359. The Morgan fingerprint density at radius 2 is 1.61 bits per heavy atom. The first kappa shape index (κ1) is 18.6. The van der Waals surface area contributed by atoms with Gasteiger partial charge in [0.05, 0.1) is 23.9 Å². The van der Waals surface area contributed by atoms with Crippen molar-refractivity contribution in [2.75, 3.05) is 7.11 Å². The maximum absolute atomic E-state index is 13.7. The van der Waals surface area contributed by atoms with E-state index >= 15 is 0 Å². The summed E-state index contributed by atoms with van der Waals surface area (Å²) in [4.78, 5) is 0. The van der Waals surface area contributed by atoms with Crippen molar-refractivity contribution in [1.82, 2.24) is 9.78 Å². The summed E-state index contributed by atoms with van der Waals surface area (Å²) in [5.74, 6) is 0.663. The Hall–Kier alpha value is -2.80. The van der Waals surface area contributed by atoms with Gasteiger partial charge in [-0.25, -0.2) is 4.68 Å². The molecule has 0 unspecified atom stereocenters. The van der Waals surface area contributed by atoms with E-state index in [4.69, 9.17) is 4.74 Å². The van der Waals surface area contributed by atoms with Crippen LogP contribution in [0.15, 0.2) is 71.2 Å². The topological polar surface area (TPSA) is 27.1 Å². The summed E-state index contributed by atoms with van der Waals surface area (Å²) in [6, 6.07) is 18.2. The van der Waals surface area contributed by atoms with Gasteiger partial charge in [-0.05, 0) is 54.6 Å². The lowest BCUT2D eigenvalue weighted by Gasteiger charge is -2.11. The summed E-state index contributed by atoms with van der Waals surface area (Å²) in [5.41, 5.74) is 1.04. The van der Waals surface area contributed by atoms with E-state index in [-0.39, 0.29) is 5.52 Å². The Morgan fingerprint density at radius 1 is 0.929 bits per heavy atom. The van der Waals surface area contributed by atoms with Crippen molar-refractivity contribution < 1.29 is 17.9 Å². The van der Waals surface area contributed by atoms with Crippen LogP contribution in [-0.4, -0.2) is 16.9 Å². The van der Waals surface area contributed by atoms with Gasteiger partial charge in [0, 0.05) is 15.4 Å². The first-order valence-corrected chi connectivity index (χ1v) is 9.17. The van der Waals surface area contributed by atoms with Gasteiger partial charge in [0.25, 0.3) is 0 Å². The summed E-state index contributed by atoms with van der Waals surface area (Å²) in [6.45, 7) is 0. The van der Waals surface area contributed by atoms with Crippen LogP contribution in [0.25, 0.3) is 27.8 Å². The first-order valence-electron chi connectivity index (χ1n) is 8.38. The lowest BCUT2D eigenvalue weighted by Crippen LogP contribution is -2.08. The Morgan fingerprint density at radius 3 is 2.21 bits per heavy atom. The molecule has 0 atom stereocenters. The zero-order valence-electron chi connectivity index (χ0n) is 14.7. The predicted octanol–water partition coefficient (Wildman–Crippen LogP) is 6.48. The molecule has 0 N–H and O–H groups in total. The number of hydrogen-bond donors (Lipinski definition) is 0. The van der Waals surface area contributed by atoms with Crippen molar-refractivity contribution in [1.29, 1.82) is 0 Å². The van der Waals surface area contributed by atoms with E-state index in [0.29, 0.717) is 28.1 Å². The van der Waals surface area contributed by atoms with Gasteiger partial charge in [0.15, 0.2) is 0 Å². The smallest absolute Gasteiger partial charge is 0.418 e. The molecular formula is C21H14BrF3N2O. The highest BCUT2D eigenvalue weighted by Gasteiger charge is 2.35. The maximum atomic E-state index is 13.7. The number of rotatable bonds is 3. The van der Waals surface area contributed by atoms with Gasteiger partial charge in [0.1, 0.15) is 11.4 Å². The standard InChI is InChI=1S/C21H14BrF3N2O/c1-28-16-11-5-13(6-12-16)19-17-3-2-4-18(21(23,24)25)20(17)27(26-19)15-9-7-14(22)8-10-15/h2-12H,1H3. The Bertz CT molecular complexity index is 1130. The minimum atomic E-state index is -4.50. The Labute approximate surface area is 167 Å². The van der Waals surface area contributed by atoms with Crippen LogP contribution in [0.1, 0.15) is 5.56 Å². The van der Waals surface area contributed by atoms with Crippen LogP contribution in [0.2, 0.25) is 0 Å². The summed E-state index contributed by atoms with van der Waals surface area (Å²) < 4.78 is 48.5. The van der Waals surface area contributed by atoms with Crippen LogP contribution < -0.4 is 4.74 Å². The van der Waals surface area contributed by atoms with E-state index in [1.54, 1.807) is 61.7 Å². The molecule has 4 aromatic rings. The molecular weight excluding hydrogens is 433 g/mol. The second-order valence-corrected chi connectivity index (χ2v) is 7.08. The molecule has 0 radical (unpaired) electrons. The summed E-state index contributed by atoms with van der Waals surface area (Å²) in [6.07, 6.45) is -4.50.